The van der Waals surface area contributed by atoms with Crippen LogP contribution in [0.25, 0.3) is 0 Å². The van der Waals surface area contributed by atoms with Crippen LogP contribution in [0.4, 0.5) is 6.01 Å². The van der Waals surface area contributed by atoms with Gasteiger partial charge in [-0.05, 0) is 19.3 Å². The van der Waals surface area contributed by atoms with Crippen LogP contribution in [0.1, 0.15) is 30.8 Å². The molecule has 1 fully saturated rings. The first-order valence-corrected chi connectivity index (χ1v) is 5.03. The number of carbonyl (C=O) groups is 1. The van der Waals surface area contributed by atoms with E-state index >= 15 is 0 Å². The summed E-state index contributed by atoms with van der Waals surface area (Å²) in [5, 5.41) is 8.72. The molecule has 0 saturated carbocycles. The molecule has 5 nitrogen and oxygen atoms in total. The molecule has 0 spiro atoms. The molecule has 0 bridgehead atoms. The van der Waals surface area contributed by atoms with Gasteiger partial charge in [0.15, 0.2) is 5.69 Å². The summed E-state index contributed by atoms with van der Waals surface area (Å²) in [7, 11) is 0. The van der Waals surface area contributed by atoms with Gasteiger partial charge in [-0.1, -0.05) is 6.92 Å². The summed E-state index contributed by atoms with van der Waals surface area (Å²) in [4.78, 5) is 16.6. The molecule has 82 valence electrons. The normalized spacial score (nSPS) is 25.9. The van der Waals surface area contributed by atoms with Crippen molar-refractivity contribution in [1.29, 1.82) is 0 Å². The quantitative estimate of drug-likeness (QED) is 0.803. The van der Waals surface area contributed by atoms with E-state index in [0.29, 0.717) is 18.0 Å². The molecule has 1 aliphatic heterocycles. The lowest BCUT2D eigenvalue weighted by Crippen LogP contribution is -2.26. The van der Waals surface area contributed by atoms with Crippen molar-refractivity contribution in [3.63, 3.8) is 0 Å². The van der Waals surface area contributed by atoms with Gasteiger partial charge in [0.2, 0.25) is 0 Å². The first kappa shape index (κ1) is 10.0. The highest BCUT2D eigenvalue weighted by Gasteiger charge is 2.29. The summed E-state index contributed by atoms with van der Waals surface area (Å²) in [5.41, 5.74) is -0.0308. The molecule has 2 heterocycles. The Morgan fingerprint density at radius 1 is 1.67 bits per heavy atom. The molecular formula is C10H14N2O3. The Bertz CT molecular complexity index is 374. The molecule has 0 aromatic carbocycles. The van der Waals surface area contributed by atoms with Gasteiger partial charge in [0.05, 0.1) is 0 Å². The Labute approximate surface area is 87.7 Å². The smallest absolute Gasteiger partial charge is 0.357 e. The van der Waals surface area contributed by atoms with E-state index < -0.39 is 5.97 Å². The zero-order valence-electron chi connectivity index (χ0n) is 8.80. The van der Waals surface area contributed by atoms with Crippen molar-refractivity contribution < 1.29 is 14.3 Å². The van der Waals surface area contributed by atoms with Crippen LogP contribution in [0, 0.1) is 5.92 Å². The molecular weight excluding hydrogens is 196 g/mol. The highest BCUT2D eigenvalue weighted by Crippen LogP contribution is 2.27. The third-order valence-electron chi connectivity index (χ3n) is 2.74. The number of carboxylic acids is 1. The van der Waals surface area contributed by atoms with Crippen molar-refractivity contribution in [2.45, 2.75) is 26.3 Å². The maximum absolute atomic E-state index is 10.6. The minimum Gasteiger partial charge on any atom is -0.476 e. The highest BCUT2D eigenvalue weighted by molar-refractivity contribution is 5.85. The molecule has 0 aliphatic carbocycles. The summed E-state index contributed by atoms with van der Waals surface area (Å²) in [6.07, 6.45) is 2.28. The third kappa shape index (κ3) is 1.82. The van der Waals surface area contributed by atoms with Crippen LogP contribution in [0.15, 0.2) is 10.7 Å². The fraction of sp³-hybridized carbons (Fsp3) is 0.600. The van der Waals surface area contributed by atoms with Crippen LogP contribution in [0.2, 0.25) is 0 Å². The second-order valence-corrected chi connectivity index (χ2v) is 4.16. The van der Waals surface area contributed by atoms with Crippen LogP contribution < -0.4 is 4.90 Å². The number of hydrogen-bond donors (Lipinski definition) is 1. The minimum atomic E-state index is -1.05. The molecule has 2 rings (SSSR count). The number of rotatable bonds is 2. The molecule has 5 heteroatoms. The second-order valence-electron chi connectivity index (χ2n) is 4.16. The van der Waals surface area contributed by atoms with Gasteiger partial charge in [0.1, 0.15) is 6.26 Å². The van der Waals surface area contributed by atoms with Gasteiger partial charge in [-0.25, -0.2) is 4.79 Å². The average Bonchev–Trinajstić information content (AvgIpc) is 2.71. The van der Waals surface area contributed by atoms with Gasteiger partial charge >= 0.3 is 5.97 Å². The lowest BCUT2D eigenvalue weighted by molar-refractivity contribution is 0.0690. The van der Waals surface area contributed by atoms with Crippen LogP contribution in [-0.2, 0) is 0 Å². The molecule has 1 aliphatic rings. The molecule has 2 unspecified atom stereocenters. The van der Waals surface area contributed by atoms with E-state index in [1.165, 1.54) is 6.26 Å². The Morgan fingerprint density at radius 3 is 2.87 bits per heavy atom. The fourth-order valence-electron chi connectivity index (χ4n) is 2.06. The summed E-state index contributed by atoms with van der Waals surface area (Å²) in [5.74, 6) is -0.454. The number of aromatic nitrogens is 1. The zero-order valence-corrected chi connectivity index (χ0v) is 8.80. The van der Waals surface area contributed by atoms with Crippen LogP contribution in [0.3, 0.4) is 0 Å². The number of anilines is 1. The van der Waals surface area contributed by atoms with Crippen LogP contribution in [-0.4, -0.2) is 28.6 Å². The lowest BCUT2D eigenvalue weighted by atomic mass is 10.1. The Morgan fingerprint density at radius 2 is 2.40 bits per heavy atom. The number of aromatic carboxylic acids is 1. The van der Waals surface area contributed by atoms with Crippen LogP contribution >= 0.6 is 0 Å². The lowest BCUT2D eigenvalue weighted by Gasteiger charge is -2.18. The molecule has 0 radical (unpaired) electrons. The van der Waals surface area contributed by atoms with Crippen molar-refractivity contribution >= 4 is 12.0 Å². The summed E-state index contributed by atoms with van der Waals surface area (Å²) < 4.78 is 5.16. The number of oxazole rings is 1. The maximum Gasteiger partial charge on any atom is 0.357 e. The standard InChI is InChI=1S/C10H14N2O3/c1-6-3-7(2)12(4-6)10-11-8(5-15-10)9(13)14/h5-7H,3-4H2,1-2H3,(H,13,14). The number of hydrogen-bond acceptors (Lipinski definition) is 4. The summed E-state index contributed by atoms with van der Waals surface area (Å²) >= 11 is 0. The average molecular weight is 210 g/mol. The minimum absolute atomic E-state index is 0.0308. The summed E-state index contributed by atoms with van der Waals surface area (Å²) in [6.45, 7) is 5.13. The van der Waals surface area contributed by atoms with E-state index in [0.717, 1.165) is 13.0 Å². The first-order valence-electron chi connectivity index (χ1n) is 5.03. The van der Waals surface area contributed by atoms with Gasteiger partial charge in [0, 0.05) is 12.6 Å². The molecule has 1 aromatic heterocycles. The largest absolute Gasteiger partial charge is 0.476 e. The highest BCUT2D eigenvalue weighted by atomic mass is 16.4. The Kier molecular flexibility index (Phi) is 2.38. The maximum atomic E-state index is 10.6. The predicted octanol–water partition coefficient (Wildman–Crippen LogP) is 1.61. The molecule has 1 saturated heterocycles. The van der Waals surface area contributed by atoms with Gasteiger partial charge in [-0.15, -0.1) is 0 Å². The number of nitrogens with zero attached hydrogens (tertiary/aromatic N) is 2. The van der Waals surface area contributed by atoms with E-state index in [-0.39, 0.29) is 5.69 Å². The molecule has 2 atom stereocenters. The first-order chi connectivity index (χ1) is 7.08. The Balaban J connectivity index is 2.19. The van der Waals surface area contributed by atoms with E-state index in [4.69, 9.17) is 9.52 Å². The van der Waals surface area contributed by atoms with E-state index in [9.17, 15) is 4.79 Å². The van der Waals surface area contributed by atoms with Gasteiger partial charge in [-0.3, -0.25) is 0 Å². The molecule has 1 aromatic rings. The third-order valence-corrected chi connectivity index (χ3v) is 2.74. The van der Waals surface area contributed by atoms with E-state index in [1.807, 2.05) is 4.90 Å². The van der Waals surface area contributed by atoms with Crippen molar-refractivity contribution in [2.75, 3.05) is 11.4 Å². The van der Waals surface area contributed by atoms with Crippen molar-refractivity contribution in [3.8, 4) is 0 Å². The summed E-state index contributed by atoms with van der Waals surface area (Å²) in [6, 6.07) is 0.782. The van der Waals surface area contributed by atoms with Gasteiger partial charge in [0.25, 0.3) is 6.01 Å². The molecule has 1 N–H and O–H groups in total. The van der Waals surface area contributed by atoms with Crippen LogP contribution in [0.5, 0.6) is 0 Å². The van der Waals surface area contributed by atoms with Crippen molar-refractivity contribution in [3.05, 3.63) is 12.0 Å². The molecule has 15 heavy (non-hydrogen) atoms. The van der Waals surface area contributed by atoms with Crippen molar-refractivity contribution in [1.82, 2.24) is 4.98 Å². The van der Waals surface area contributed by atoms with E-state index in [2.05, 4.69) is 18.8 Å². The van der Waals surface area contributed by atoms with Gasteiger partial charge < -0.3 is 14.4 Å². The van der Waals surface area contributed by atoms with E-state index in [1.54, 1.807) is 0 Å². The zero-order chi connectivity index (χ0) is 11.0. The van der Waals surface area contributed by atoms with Gasteiger partial charge in [-0.2, -0.15) is 4.98 Å². The second kappa shape index (κ2) is 3.56. The predicted molar refractivity (Wildman–Crippen MR) is 54.1 cm³/mol. The molecule has 0 amide bonds. The SMILES string of the molecule is CC1CC(C)N(c2nc(C(=O)O)co2)C1. The number of carboxylic acid groups (broad SMARTS) is 1. The fourth-order valence-corrected chi connectivity index (χ4v) is 2.06. The topological polar surface area (TPSA) is 66.6 Å². The monoisotopic (exact) mass is 210 g/mol. The Hall–Kier alpha value is -1.52. The van der Waals surface area contributed by atoms with Crippen molar-refractivity contribution in [2.24, 2.45) is 5.92 Å².